The van der Waals surface area contributed by atoms with Gasteiger partial charge in [0.1, 0.15) is 0 Å². The van der Waals surface area contributed by atoms with Crippen molar-refractivity contribution in [2.24, 2.45) is 11.8 Å². The summed E-state index contributed by atoms with van der Waals surface area (Å²) in [5.74, 6) is 0.843. The Labute approximate surface area is 102 Å². The van der Waals surface area contributed by atoms with Crippen molar-refractivity contribution in [3.05, 3.63) is 35.9 Å². The van der Waals surface area contributed by atoms with Gasteiger partial charge in [-0.25, -0.2) is 0 Å². The molecule has 2 nitrogen and oxygen atoms in total. The summed E-state index contributed by atoms with van der Waals surface area (Å²) in [4.78, 5) is 12.0. The van der Waals surface area contributed by atoms with Gasteiger partial charge in [-0.15, -0.1) is 0 Å². The fourth-order valence-corrected chi connectivity index (χ4v) is 3.75. The van der Waals surface area contributed by atoms with Crippen molar-refractivity contribution in [1.82, 2.24) is 0 Å². The third-order valence-electron chi connectivity index (χ3n) is 4.46. The number of benzene rings is 1. The molecule has 90 valence electrons. The Balaban J connectivity index is 1.90. The number of rotatable bonds is 3. The molecule has 0 saturated heterocycles. The predicted octanol–water partition coefficient (Wildman–Crippen LogP) is 2.92. The maximum absolute atomic E-state index is 12.0. The maximum atomic E-state index is 12.0. The highest BCUT2D eigenvalue weighted by atomic mass is 16.5. The van der Waals surface area contributed by atoms with E-state index in [2.05, 4.69) is 24.3 Å². The van der Waals surface area contributed by atoms with E-state index in [0.717, 1.165) is 12.3 Å². The number of hydrogen-bond donors (Lipinski definition) is 0. The van der Waals surface area contributed by atoms with Crippen LogP contribution in [0.25, 0.3) is 0 Å². The van der Waals surface area contributed by atoms with Crippen LogP contribution >= 0.6 is 0 Å². The molecule has 3 saturated carbocycles. The van der Waals surface area contributed by atoms with Crippen LogP contribution in [0.15, 0.2) is 30.3 Å². The second-order valence-electron chi connectivity index (χ2n) is 5.34. The van der Waals surface area contributed by atoms with Gasteiger partial charge in [0, 0.05) is 5.41 Å². The van der Waals surface area contributed by atoms with Crippen LogP contribution in [0.3, 0.4) is 0 Å². The fraction of sp³-hybridized carbons (Fsp3) is 0.533. The van der Waals surface area contributed by atoms with E-state index in [1.165, 1.54) is 18.4 Å². The van der Waals surface area contributed by atoms with Gasteiger partial charge < -0.3 is 4.74 Å². The smallest absolute Gasteiger partial charge is 0.309 e. The van der Waals surface area contributed by atoms with E-state index in [9.17, 15) is 4.79 Å². The molecule has 1 aromatic carbocycles. The molecule has 0 radical (unpaired) electrons. The third-order valence-corrected chi connectivity index (χ3v) is 4.46. The van der Waals surface area contributed by atoms with Crippen LogP contribution in [-0.2, 0) is 14.9 Å². The molecule has 3 aliphatic rings. The van der Waals surface area contributed by atoms with Gasteiger partial charge in [-0.2, -0.15) is 0 Å². The van der Waals surface area contributed by atoms with Crippen LogP contribution < -0.4 is 0 Å². The van der Waals surface area contributed by atoms with Crippen LogP contribution in [-0.4, -0.2) is 12.6 Å². The highest BCUT2D eigenvalue weighted by Gasteiger charge is 2.60. The van der Waals surface area contributed by atoms with Crippen molar-refractivity contribution in [2.45, 2.75) is 31.6 Å². The van der Waals surface area contributed by atoms with Gasteiger partial charge >= 0.3 is 5.97 Å². The standard InChI is InChI=1S/C15H18O2/c1-2-17-14(16)13-8-11-9-15(13,10-11)12-6-4-3-5-7-12/h3-7,11,13H,2,8-10H2,1H3. The third kappa shape index (κ3) is 1.50. The number of hydrogen-bond acceptors (Lipinski definition) is 2. The van der Waals surface area contributed by atoms with Crippen LogP contribution in [0, 0.1) is 11.8 Å². The van der Waals surface area contributed by atoms with E-state index < -0.39 is 0 Å². The monoisotopic (exact) mass is 230 g/mol. The molecule has 1 aromatic rings. The molecular weight excluding hydrogens is 212 g/mol. The number of esters is 1. The minimum absolute atomic E-state index is 0.0105. The van der Waals surface area contributed by atoms with E-state index in [1.807, 2.05) is 13.0 Å². The van der Waals surface area contributed by atoms with Gasteiger partial charge in [-0.3, -0.25) is 4.79 Å². The van der Waals surface area contributed by atoms with Gasteiger partial charge in [0.15, 0.2) is 0 Å². The normalized spacial score (nSPS) is 34.2. The second-order valence-corrected chi connectivity index (χ2v) is 5.34. The van der Waals surface area contributed by atoms with Crippen LogP contribution in [0.1, 0.15) is 31.7 Å². The first-order valence-corrected chi connectivity index (χ1v) is 6.48. The Kier molecular flexibility index (Phi) is 2.46. The van der Waals surface area contributed by atoms with Crippen molar-refractivity contribution in [3.63, 3.8) is 0 Å². The zero-order valence-electron chi connectivity index (χ0n) is 10.2. The zero-order chi connectivity index (χ0) is 11.9. The van der Waals surface area contributed by atoms with Gasteiger partial charge in [-0.05, 0) is 37.7 Å². The highest BCUT2D eigenvalue weighted by molar-refractivity contribution is 5.76. The molecule has 0 amide bonds. The summed E-state index contributed by atoms with van der Waals surface area (Å²) in [6.07, 6.45) is 3.36. The summed E-state index contributed by atoms with van der Waals surface area (Å²) in [5, 5.41) is 0. The summed E-state index contributed by atoms with van der Waals surface area (Å²) in [7, 11) is 0. The molecule has 3 fully saturated rings. The largest absolute Gasteiger partial charge is 0.466 e. The molecular formula is C15H18O2. The molecule has 17 heavy (non-hydrogen) atoms. The fourth-order valence-electron chi connectivity index (χ4n) is 3.75. The first kappa shape index (κ1) is 10.8. The van der Waals surface area contributed by atoms with E-state index in [1.54, 1.807) is 0 Å². The first-order chi connectivity index (χ1) is 8.26. The van der Waals surface area contributed by atoms with E-state index in [-0.39, 0.29) is 17.3 Å². The van der Waals surface area contributed by atoms with Crippen molar-refractivity contribution in [1.29, 1.82) is 0 Å². The van der Waals surface area contributed by atoms with Gasteiger partial charge in [0.05, 0.1) is 12.5 Å². The van der Waals surface area contributed by atoms with Gasteiger partial charge in [0.2, 0.25) is 0 Å². The molecule has 2 heteroatoms. The van der Waals surface area contributed by atoms with Crippen LogP contribution in [0.5, 0.6) is 0 Å². The summed E-state index contributed by atoms with van der Waals surface area (Å²) >= 11 is 0. The summed E-state index contributed by atoms with van der Waals surface area (Å²) in [6, 6.07) is 10.5. The van der Waals surface area contributed by atoms with Crippen molar-refractivity contribution in [3.8, 4) is 0 Å². The Morgan fingerprint density at radius 3 is 2.71 bits per heavy atom. The average molecular weight is 230 g/mol. The predicted molar refractivity (Wildman–Crippen MR) is 65.6 cm³/mol. The lowest BCUT2D eigenvalue weighted by molar-refractivity contribution is -0.149. The van der Waals surface area contributed by atoms with Crippen molar-refractivity contribution < 1.29 is 9.53 Å². The Hall–Kier alpha value is -1.31. The molecule has 1 unspecified atom stereocenters. The molecule has 0 heterocycles. The Bertz CT molecular complexity index is 418. The van der Waals surface area contributed by atoms with Crippen LogP contribution in [0.2, 0.25) is 0 Å². The number of fused-ring (bicyclic) bond motifs is 1. The molecule has 1 atom stereocenters. The summed E-state index contributed by atoms with van der Waals surface area (Å²) in [5.41, 5.74) is 1.42. The first-order valence-electron chi connectivity index (χ1n) is 6.48. The van der Waals surface area contributed by atoms with Crippen LogP contribution in [0.4, 0.5) is 0 Å². The summed E-state index contributed by atoms with van der Waals surface area (Å²) < 4.78 is 5.23. The lowest BCUT2D eigenvalue weighted by atomic mass is 9.62. The van der Waals surface area contributed by atoms with Gasteiger partial charge in [-0.1, -0.05) is 30.3 Å². The topological polar surface area (TPSA) is 26.3 Å². The van der Waals surface area contributed by atoms with E-state index >= 15 is 0 Å². The number of carbonyl (C=O) groups excluding carboxylic acids is 1. The summed E-state index contributed by atoms with van der Waals surface area (Å²) in [6.45, 7) is 2.37. The van der Waals surface area contributed by atoms with Crippen molar-refractivity contribution in [2.75, 3.05) is 6.61 Å². The minimum Gasteiger partial charge on any atom is -0.466 e. The average Bonchev–Trinajstić information content (AvgIpc) is 2.85. The molecule has 0 spiro atoms. The maximum Gasteiger partial charge on any atom is 0.309 e. The zero-order valence-corrected chi connectivity index (χ0v) is 10.2. The highest BCUT2D eigenvalue weighted by Crippen LogP contribution is 2.63. The second kappa shape index (κ2) is 3.86. The Morgan fingerprint density at radius 1 is 1.35 bits per heavy atom. The minimum atomic E-state index is 0.0105. The molecule has 4 rings (SSSR count). The Morgan fingerprint density at radius 2 is 2.06 bits per heavy atom. The van der Waals surface area contributed by atoms with E-state index in [0.29, 0.717) is 6.61 Å². The quantitative estimate of drug-likeness (QED) is 0.746. The van der Waals surface area contributed by atoms with E-state index in [4.69, 9.17) is 4.74 Å². The lowest BCUT2D eigenvalue weighted by Crippen LogP contribution is -2.40. The van der Waals surface area contributed by atoms with Gasteiger partial charge in [0.25, 0.3) is 0 Å². The lowest BCUT2D eigenvalue weighted by Gasteiger charge is -2.41. The number of ether oxygens (including phenoxy) is 1. The molecule has 2 bridgehead atoms. The molecule has 3 aliphatic carbocycles. The number of carbonyl (C=O) groups is 1. The molecule has 0 aliphatic heterocycles. The molecule has 0 N–H and O–H groups in total. The molecule has 0 aromatic heterocycles. The SMILES string of the molecule is CCOC(=O)C1CC2CC1(c1ccccc1)C2. The van der Waals surface area contributed by atoms with Crippen molar-refractivity contribution >= 4 is 5.97 Å².